The molecule has 1 atom stereocenters. The van der Waals surface area contributed by atoms with Gasteiger partial charge in [0, 0.05) is 11.6 Å². The molecule has 1 unspecified atom stereocenters. The molecule has 7 heteroatoms. The van der Waals surface area contributed by atoms with Crippen molar-refractivity contribution < 1.29 is 9.53 Å². The number of carbonyl (C=O) groups excluding carboxylic acids is 1. The Hall–Kier alpha value is -2.02. The molecule has 0 aliphatic carbocycles. The van der Waals surface area contributed by atoms with Crippen LogP contribution in [-0.4, -0.2) is 28.0 Å². The van der Waals surface area contributed by atoms with E-state index in [1.807, 2.05) is 5.38 Å². The van der Waals surface area contributed by atoms with Crippen LogP contribution in [0.4, 0.5) is 5.82 Å². The first-order valence-corrected chi connectivity index (χ1v) is 6.68. The standard InChI is InChI=1S/C12H14N4O2S/c1-3-8(11-14-4-5-19-11)15-10-7-13-6-9(16-10)12(17)18-2/h4-8H,3H2,1-2H3,(H,15,16). The van der Waals surface area contributed by atoms with Gasteiger partial charge < -0.3 is 10.1 Å². The van der Waals surface area contributed by atoms with E-state index in [0.29, 0.717) is 5.82 Å². The number of methoxy groups -OCH3 is 1. The second-order valence-corrected chi connectivity index (χ2v) is 4.68. The molecule has 0 fully saturated rings. The summed E-state index contributed by atoms with van der Waals surface area (Å²) in [4.78, 5) is 23.8. The quantitative estimate of drug-likeness (QED) is 0.845. The molecular formula is C12H14N4O2S. The molecule has 0 saturated carbocycles. The molecule has 0 amide bonds. The highest BCUT2D eigenvalue weighted by Crippen LogP contribution is 2.22. The van der Waals surface area contributed by atoms with Gasteiger partial charge in [0.05, 0.1) is 25.5 Å². The molecule has 19 heavy (non-hydrogen) atoms. The van der Waals surface area contributed by atoms with Gasteiger partial charge in [-0.2, -0.15) is 0 Å². The summed E-state index contributed by atoms with van der Waals surface area (Å²) >= 11 is 1.58. The number of hydrogen-bond donors (Lipinski definition) is 1. The van der Waals surface area contributed by atoms with Crippen molar-refractivity contribution >= 4 is 23.1 Å². The number of esters is 1. The molecule has 0 aromatic carbocycles. The number of hydrogen-bond acceptors (Lipinski definition) is 7. The maximum absolute atomic E-state index is 11.4. The monoisotopic (exact) mass is 278 g/mol. The Kier molecular flexibility index (Phi) is 4.40. The van der Waals surface area contributed by atoms with Gasteiger partial charge in [-0.1, -0.05) is 6.92 Å². The summed E-state index contributed by atoms with van der Waals surface area (Å²) in [5.41, 5.74) is 0.182. The minimum atomic E-state index is -0.501. The van der Waals surface area contributed by atoms with E-state index in [-0.39, 0.29) is 11.7 Å². The summed E-state index contributed by atoms with van der Waals surface area (Å²) in [6.45, 7) is 2.05. The minimum Gasteiger partial charge on any atom is -0.464 e. The second-order valence-electron chi connectivity index (χ2n) is 3.76. The fourth-order valence-corrected chi connectivity index (χ4v) is 2.33. The van der Waals surface area contributed by atoms with Gasteiger partial charge in [0.25, 0.3) is 0 Å². The van der Waals surface area contributed by atoms with Crippen molar-refractivity contribution in [3.05, 3.63) is 34.7 Å². The zero-order valence-electron chi connectivity index (χ0n) is 10.7. The van der Waals surface area contributed by atoms with Crippen molar-refractivity contribution in [2.45, 2.75) is 19.4 Å². The Labute approximate surface area is 114 Å². The number of thiazole rings is 1. The molecule has 100 valence electrons. The molecular weight excluding hydrogens is 264 g/mol. The number of nitrogens with zero attached hydrogens (tertiary/aromatic N) is 3. The van der Waals surface area contributed by atoms with Gasteiger partial charge in [0.2, 0.25) is 0 Å². The predicted molar refractivity (Wildman–Crippen MR) is 72.1 cm³/mol. The third kappa shape index (κ3) is 3.25. The molecule has 0 bridgehead atoms. The van der Waals surface area contributed by atoms with Gasteiger partial charge in [0.1, 0.15) is 10.8 Å². The second kappa shape index (κ2) is 6.24. The van der Waals surface area contributed by atoms with Crippen LogP contribution in [-0.2, 0) is 4.74 Å². The van der Waals surface area contributed by atoms with Gasteiger partial charge in [0.15, 0.2) is 5.69 Å². The van der Waals surface area contributed by atoms with Crippen molar-refractivity contribution in [1.29, 1.82) is 0 Å². The Balaban J connectivity index is 2.16. The molecule has 2 aromatic rings. The Morgan fingerprint density at radius 2 is 2.37 bits per heavy atom. The SMILES string of the molecule is CCC(Nc1cncc(C(=O)OC)n1)c1nccs1. The highest BCUT2D eigenvalue weighted by atomic mass is 32.1. The molecule has 2 heterocycles. The molecule has 0 saturated heterocycles. The van der Waals surface area contributed by atoms with Crippen LogP contribution in [0.3, 0.4) is 0 Å². The van der Waals surface area contributed by atoms with Gasteiger partial charge in [-0.3, -0.25) is 4.98 Å². The van der Waals surface area contributed by atoms with Crippen LogP contribution in [0.5, 0.6) is 0 Å². The first-order valence-electron chi connectivity index (χ1n) is 5.81. The molecule has 0 aliphatic heterocycles. The van der Waals surface area contributed by atoms with Crippen LogP contribution < -0.4 is 5.32 Å². The van der Waals surface area contributed by atoms with E-state index >= 15 is 0 Å². The van der Waals surface area contributed by atoms with Gasteiger partial charge in [-0.15, -0.1) is 11.3 Å². The molecule has 0 aliphatic rings. The van der Waals surface area contributed by atoms with Crippen molar-refractivity contribution in [3.63, 3.8) is 0 Å². The molecule has 0 radical (unpaired) electrons. The minimum absolute atomic E-state index is 0.0576. The third-order valence-corrected chi connectivity index (χ3v) is 3.40. The lowest BCUT2D eigenvalue weighted by Gasteiger charge is -2.14. The zero-order valence-corrected chi connectivity index (χ0v) is 11.5. The maximum atomic E-state index is 11.4. The van der Waals surface area contributed by atoms with Crippen LogP contribution in [0.15, 0.2) is 24.0 Å². The van der Waals surface area contributed by atoms with E-state index in [2.05, 4.69) is 31.9 Å². The number of nitrogens with one attached hydrogen (secondary N) is 1. The van der Waals surface area contributed by atoms with E-state index in [1.165, 1.54) is 13.3 Å². The summed E-state index contributed by atoms with van der Waals surface area (Å²) in [6.07, 6.45) is 5.57. The fraction of sp³-hybridized carbons (Fsp3) is 0.333. The Bertz CT molecular complexity index is 544. The van der Waals surface area contributed by atoms with Crippen molar-refractivity contribution in [1.82, 2.24) is 15.0 Å². The number of ether oxygens (including phenoxy) is 1. The maximum Gasteiger partial charge on any atom is 0.358 e. The third-order valence-electron chi connectivity index (χ3n) is 2.51. The lowest BCUT2D eigenvalue weighted by atomic mass is 10.2. The summed E-state index contributed by atoms with van der Waals surface area (Å²) in [7, 11) is 1.31. The number of aromatic nitrogens is 3. The van der Waals surface area contributed by atoms with Crippen LogP contribution in [0.2, 0.25) is 0 Å². The first-order chi connectivity index (χ1) is 9.24. The fourth-order valence-electron chi connectivity index (χ4n) is 1.56. The average molecular weight is 278 g/mol. The van der Waals surface area contributed by atoms with Crippen molar-refractivity contribution in [2.24, 2.45) is 0 Å². The Morgan fingerprint density at radius 1 is 1.53 bits per heavy atom. The zero-order chi connectivity index (χ0) is 13.7. The van der Waals surface area contributed by atoms with Crippen LogP contribution in [0, 0.1) is 0 Å². The highest BCUT2D eigenvalue weighted by molar-refractivity contribution is 7.09. The normalized spacial score (nSPS) is 11.9. The highest BCUT2D eigenvalue weighted by Gasteiger charge is 2.14. The lowest BCUT2D eigenvalue weighted by Crippen LogP contribution is -2.13. The average Bonchev–Trinajstić information content (AvgIpc) is 2.98. The number of rotatable bonds is 5. The lowest BCUT2D eigenvalue weighted by molar-refractivity contribution is 0.0593. The largest absolute Gasteiger partial charge is 0.464 e. The van der Waals surface area contributed by atoms with E-state index in [9.17, 15) is 4.79 Å². The first kappa shape index (κ1) is 13.4. The van der Waals surface area contributed by atoms with Gasteiger partial charge in [-0.05, 0) is 6.42 Å². The van der Waals surface area contributed by atoms with Gasteiger partial charge in [-0.25, -0.2) is 14.8 Å². The molecule has 6 nitrogen and oxygen atoms in total. The topological polar surface area (TPSA) is 77.0 Å². The van der Waals surface area contributed by atoms with Crippen LogP contribution >= 0.6 is 11.3 Å². The summed E-state index contributed by atoms with van der Waals surface area (Å²) in [5.74, 6) is 0.0309. The smallest absolute Gasteiger partial charge is 0.358 e. The molecule has 2 aromatic heterocycles. The van der Waals surface area contributed by atoms with Crippen LogP contribution in [0.25, 0.3) is 0 Å². The van der Waals surface area contributed by atoms with E-state index in [4.69, 9.17) is 0 Å². The summed E-state index contributed by atoms with van der Waals surface area (Å²) in [5, 5.41) is 6.12. The van der Waals surface area contributed by atoms with Crippen LogP contribution in [0.1, 0.15) is 34.9 Å². The van der Waals surface area contributed by atoms with Crippen molar-refractivity contribution in [2.75, 3.05) is 12.4 Å². The predicted octanol–water partition coefficient (Wildman–Crippen LogP) is 2.28. The summed E-state index contributed by atoms with van der Waals surface area (Å²) < 4.78 is 4.62. The Morgan fingerprint density at radius 3 is 3.00 bits per heavy atom. The van der Waals surface area contributed by atoms with E-state index in [0.717, 1.165) is 11.4 Å². The molecule has 1 N–H and O–H groups in total. The molecule has 2 rings (SSSR count). The molecule has 0 spiro atoms. The van der Waals surface area contributed by atoms with Gasteiger partial charge >= 0.3 is 5.97 Å². The number of carbonyl (C=O) groups is 1. The van der Waals surface area contributed by atoms with E-state index in [1.54, 1.807) is 23.7 Å². The van der Waals surface area contributed by atoms with E-state index < -0.39 is 5.97 Å². The summed E-state index contributed by atoms with van der Waals surface area (Å²) in [6, 6.07) is 0.0576. The number of anilines is 1. The van der Waals surface area contributed by atoms with Crippen molar-refractivity contribution in [3.8, 4) is 0 Å².